The van der Waals surface area contributed by atoms with Crippen LogP contribution in [0.4, 0.5) is 5.00 Å². The first-order valence-corrected chi connectivity index (χ1v) is 8.67. The molecule has 1 amide bonds. The lowest BCUT2D eigenvalue weighted by molar-refractivity contribution is -0.120. The minimum atomic E-state index is -1.04. The largest absolute Gasteiger partial charge is 0.462 e. The van der Waals surface area contributed by atoms with Crippen LogP contribution in [0.2, 0.25) is 0 Å². The Hall–Kier alpha value is -0.780. The summed E-state index contributed by atoms with van der Waals surface area (Å²) in [5, 5.41) is 3.30. The molecule has 1 fully saturated rings. The normalized spacial score (nSPS) is 22.3. The Kier molecular flexibility index (Phi) is 4.81. The third kappa shape index (κ3) is 2.99. The van der Waals surface area contributed by atoms with E-state index in [1.165, 1.54) is 11.3 Å². The Morgan fingerprint density at radius 2 is 1.95 bits per heavy atom. The first-order valence-electron chi connectivity index (χ1n) is 7.10. The maximum absolute atomic E-state index is 12.4. The van der Waals surface area contributed by atoms with Gasteiger partial charge in [-0.1, -0.05) is 6.92 Å². The summed E-state index contributed by atoms with van der Waals surface area (Å²) >= 11 is 13.4. The second kappa shape index (κ2) is 6.02. The molecule has 2 rings (SSSR count). The molecule has 1 saturated carbocycles. The zero-order valence-corrected chi connectivity index (χ0v) is 15.3. The van der Waals surface area contributed by atoms with E-state index in [9.17, 15) is 9.59 Å². The van der Waals surface area contributed by atoms with Crippen molar-refractivity contribution in [3.05, 3.63) is 16.0 Å². The molecule has 1 aliphatic rings. The third-order valence-electron chi connectivity index (χ3n) is 4.01. The van der Waals surface area contributed by atoms with E-state index in [4.69, 9.17) is 27.9 Å². The summed E-state index contributed by atoms with van der Waals surface area (Å²) in [6.45, 7) is 7.74. The van der Waals surface area contributed by atoms with Crippen LogP contribution in [-0.4, -0.2) is 22.8 Å². The van der Waals surface area contributed by atoms with Gasteiger partial charge in [-0.15, -0.1) is 34.5 Å². The van der Waals surface area contributed by atoms with Crippen molar-refractivity contribution in [3.8, 4) is 0 Å². The summed E-state index contributed by atoms with van der Waals surface area (Å²) < 4.78 is 4.16. The first kappa shape index (κ1) is 17.6. The standard InChI is InChI=1S/C15H19Cl2NO3S/c1-5-6-21-12(19)10-8(2)9(3)22-11(10)18-13(20)14(4)7-15(14,16)17/h5-7H2,1-4H3,(H,18,20). The minimum Gasteiger partial charge on any atom is -0.462 e. The molecule has 0 aliphatic heterocycles. The number of alkyl halides is 2. The van der Waals surface area contributed by atoms with Crippen LogP contribution in [0.5, 0.6) is 0 Å². The topological polar surface area (TPSA) is 55.4 Å². The molecule has 0 radical (unpaired) electrons. The Balaban J connectivity index is 2.23. The van der Waals surface area contributed by atoms with Gasteiger partial charge in [0.1, 0.15) is 9.33 Å². The van der Waals surface area contributed by atoms with E-state index in [-0.39, 0.29) is 5.91 Å². The van der Waals surface area contributed by atoms with E-state index in [0.29, 0.717) is 23.6 Å². The third-order valence-corrected chi connectivity index (χ3v) is 6.24. The van der Waals surface area contributed by atoms with Gasteiger partial charge in [0, 0.05) is 4.88 Å². The number of amides is 1. The van der Waals surface area contributed by atoms with Crippen molar-refractivity contribution in [2.45, 2.75) is 44.9 Å². The molecule has 1 aliphatic carbocycles. The van der Waals surface area contributed by atoms with Crippen molar-refractivity contribution in [3.63, 3.8) is 0 Å². The quantitative estimate of drug-likeness (QED) is 0.620. The number of carbonyl (C=O) groups is 2. The van der Waals surface area contributed by atoms with Gasteiger partial charge in [-0.25, -0.2) is 4.79 Å². The van der Waals surface area contributed by atoms with Gasteiger partial charge < -0.3 is 10.1 Å². The van der Waals surface area contributed by atoms with E-state index in [0.717, 1.165) is 16.9 Å². The number of hydrogen-bond acceptors (Lipinski definition) is 4. The van der Waals surface area contributed by atoms with Gasteiger partial charge in [-0.3, -0.25) is 4.79 Å². The number of halogens is 2. The molecule has 0 saturated heterocycles. The highest BCUT2D eigenvalue weighted by atomic mass is 35.5. The molecule has 22 heavy (non-hydrogen) atoms. The predicted octanol–water partition coefficient (Wildman–Crippen LogP) is 4.45. The van der Waals surface area contributed by atoms with Gasteiger partial charge >= 0.3 is 5.97 Å². The highest BCUT2D eigenvalue weighted by Gasteiger charge is 2.68. The van der Waals surface area contributed by atoms with Crippen molar-refractivity contribution < 1.29 is 14.3 Å². The number of aryl methyl sites for hydroxylation is 1. The molecule has 1 atom stereocenters. The molecule has 1 heterocycles. The number of nitrogens with one attached hydrogen (secondary N) is 1. The van der Waals surface area contributed by atoms with Crippen LogP contribution >= 0.6 is 34.5 Å². The Morgan fingerprint density at radius 1 is 1.36 bits per heavy atom. The molecule has 0 bridgehead atoms. The second-order valence-corrected chi connectivity index (χ2v) is 8.50. The fourth-order valence-corrected chi connectivity index (χ4v) is 3.86. The zero-order chi connectivity index (χ0) is 16.7. The monoisotopic (exact) mass is 363 g/mol. The molecule has 7 heteroatoms. The summed E-state index contributed by atoms with van der Waals surface area (Å²) in [7, 11) is 0. The number of carbonyl (C=O) groups excluding carboxylic acids is 2. The van der Waals surface area contributed by atoms with Crippen LogP contribution in [0.15, 0.2) is 0 Å². The van der Waals surface area contributed by atoms with Crippen LogP contribution < -0.4 is 5.32 Å². The van der Waals surface area contributed by atoms with Crippen molar-refractivity contribution in [2.24, 2.45) is 5.41 Å². The van der Waals surface area contributed by atoms with Crippen LogP contribution in [0.1, 0.15) is 47.5 Å². The predicted molar refractivity (Wildman–Crippen MR) is 90.2 cm³/mol. The van der Waals surface area contributed by atoms with E-state index in [1.807, 2.05) is 20.8 Å². The fourth-order valence-electron chi connectivity index (χ4n) is 2.12. The van der Waals surface area contributed by atoms with E-state index in [2.05, 4.69) is 5.32 Å². The maximum atomic E-state index is 12.4. The molecule has 1 unspecified atom stereocenters. The fraction of sp³-hybridized carbons (Fsp3) is 0.600. The Bertz CT molecular complexity index is 627. The van der Waals surface area contributed by atoms with Crippen LogP contribution in [0.3, 0.4) is 0 Å². The first-order chi connectivity index (χ1) is 10.1. The maximum Gasteiger partial charge on any atom is 0.341 e. The van der Waals surface area contributed by atoms with Crippen LogP contribution in [0.25, 0.3) is 0 Å². The van der Waals surface area contributed by atoms with Crippen molar-refractivity contribution in [1.29, 1.82) is 0 Å². The van der Waals surface area contributed by atoms with E-state index >= 15 is 0 Å². The van der Waals surface area contributed by atoms with E-state index in [1.54, 1.807) is 6.92 Å². The van der Waals surface area contributed by atoms with E-state index < -0.39 is 15.7 Å². The number of hydrogen-bond donors (Lipinski definition) is 1. The number of thiophene rings is 1. The lowest BCUT2D eigenvalue weighted by Gasteiger charge is -2.13. The molecule has 1 N–H and O–H groups in total. The van der Waals surface area contributed by atoms with Crippen molar-refractivity contribution in [2.75, 3.05) is 11.9 Å². The average Bonchev–Trinajstić information content (AvgIpc) is 2.82. The Morgan fingerprint density at radius 3 is 2.45 bits per heavy atom. The number of esters is 1. The molecule has 122 valence electrons. The van der Waals surface area contributed by atoms with Crippen LogP contribution in [0, 0.1) is 19.3 Å². The molecule has 4 nitrogen and oxygen atoms in total. The minimum absolute atomic E-state index is 0.275. The molecule has 0 aromatic carbocycles. The molecule has 1 aromatic heterocycles. The van der Waals surface area contributed by atoms with Gasteiger partial charge in [0.25, 0.3) is 0 Å². The molecule has 0 spiro atoms. The van der Waals surface area contributed by atoms with Gasteiger partial charge in [0.15, 0.2) is 0 Å². The van der Waals surface area contributed by atoms with Crippen LogP contribution in [-0.2, 0) is 9.53 Å². The Labute approximate surface area is 144 Å². The van der Waals surface area contributed by atoms with Crippen molar-refractivity contribution >= 4 is 51.4 Å². The summed E-state index contributed by atoms with van der Waals surface area (Å²) in [5.74, 6) is -0.689. The van der Waals surface area contributed by atoms with Gasteiger partial charge in [0.05, 0.1) is 17.6 Å². The average molecular weight is 364 g/mol. The summed E-state index contributed by atoms with van der Waals surface area (Å²) in [6, 6.07) is 0. The summed E-state index contributed by atoms with van der Waals surface area (Å²) in [4.78, 5) is 25.6. The van der Waals surface area contributed by atoms with Crippen molar-refractivity contribution in [1.82, 2.24) is 0 Å². The number of rotatable bonds is 5. The summed E-state index contributed by atoms with van der Waals surface area (Å²) in [5.41, 5.74) is 0.417. The van der Waals surface area contributed by atoms with Gasteiger partial charge in [-0.2, -0.15) is 0 Å². The number of anilines is 1. The smallest absolute Gasteiger partial charge is 0.341 e. The lowest BCUT2D eigenvalue weighted by Crippen LogP contribution is -2.26. The summed E-state index contributed by atoms with van der Waals surface area (Å²) in [6.07, 6.45) is 1.14. The van der Waals surface area contributed by atoms with Gasteiger partial charge in [-0.05, 0) is 39.2 Å². The second-order valence-electron chi connectivity index (χ2n) is 5.79. The molecule has 1 aromatic rings. The highest BCUT2D eigenvalue weighted by molar-refractivity contribution is 7.16. The number of ether oxygens (including phenoxy) is 1. The highest BCUT2D eigenvalue weighted by Crippen LogP contribution is 2.64. The lowest BCUT2D eigenvalue weighted by atomic mass is 10.1. The molecular weight excluding hydrogens is 345 g/mol. The molecular formula is C15H19Cl2NO3S. The zero-order valence-electron chi connectivity index (χ0n) is 13.0. The van der Waals surface area contributed by atoms with Gasteiger partial charge in [0.2, 0.25) is 5.91 Å². The SMILES string of the molecule is CCCOC(=O)c1c(NC(=O)C2(C)CC2(Cl)Cl)sc(C)c1C.